The molecule has 4 saturated heterocycles. The average Bonchev–Trinajstić information content (AvgIpc) is 4.07. The standard InChI is InChI=1S/C25H38O5.C25H36O5/c2*1-22-8-9-25(29-12-13-30-25)14-16(22)4-5-17-18-6-7-20(24(3)27-10-11-28-24)23(18,2)15-19(26)21(17)22/h4,17-21,26H,5-15H2,1-3H3;4,17-18,20-21H,5-15H2,1-3H3/t17-,18-,19-,20-,21+,22-,23-;17-,18-,20-,21+,22-,23-/m00/s1. The van der Waals surface area contributed by atoms with Gasteiger partial charge in [0, 0.05) is 49.9 Å². The minimum absolute atomic E-state index is 0.0212. The van der Waals surface area contributed by atoms with Gasteiger partial charge in [0.05, 0.1) is 59.0 Å². The van der Waals surface area contributed by atoms with Gasteiger partial charge in [-0.2, -0.15) is 0 Å². The molecule has 12 aliphatic rings. The van der Waals surface area contributed by atoms with Gasteiger partial charge in [0.15, 0.2) is 23.1 Å². The van der Waals surface area contributed by atoms with Crippen LogP contribution >= 0.6 is 0 Å². The lowest BCUT2D eigenvalue weighted by atomic mass is 9.46. The molecule has 10 nitrogen and oxygen atoms in total. The second-order valence-corrected chi connectivity index (χ2v) is 23.0. The third-order valence-corrected chi connectivity index (χ3v) is 20.5. The number of allylic oxidation sites excluding steroid dienone is 2. The Balaban J connectivity index is 0.000000136. The van der Waals surface area contributed by atoms with Gasteiger partial charge in [-0.3, -0.25) is 4.79 Å². The third-order valence-electron chi connectivity index (χ3n) is 20.5. The van der Waals surface area contributed by atoms with Gasteiger partial charge in [0.25, 0.3) is 0 Å². The Morgan fingerprint density at radius 1 is 0.533 bits per heavy atom. The molecule has 0 aromatic heterocycles. The van der Waals surface area contributed by atoms with Crippen LogP contribution in [0.15, 0.2) is 23.3 Å². The molecule has 6 saturated carbocycles. The Morgan fingerprint density at radius 3 is 1.53 bits per heavy atom. The predicted molar refractivity (Wildman–Crippen MR) is 222 cm³/mol. The van der Waals surface area contributed by atoms with Crippen molar-refractivity contribution in [1.29, 1.82) is 0 Å². The van der Waals surface area contributed by atoms with Gasteiger partial charge >= 0.3 is 0 Å². The van der Waals surface area contributed by atoms with Crippen LogP contribution in [0.25, 0.3) is 0 Å². The summed E-state index contributed by atoms with van der Waals surface area (Å²) >= 11 is 0. The molecule has 10 fully saturated rings. The van der Waals surface area contributed by atoms with Crippen LogP contribution in [-0.2, 0) is 42.7 Å². The van der Waals surface area contributed by atoms with Crippen LogP contribution in [0, 0.1) is 69.0 Å². The van der Waals surface area contributed by atoms with Crippen LogP contribution in [0.1, 0.15) is 131 Å². The Hall–Kier alpha value is -1.21. The Bertz CT molecular complexity index is 1770. The van der Waals surface area contributed by atoms with Crippen LogP contribution < -0.4 is 0 Å². The van der Waals surface area contributed by atoms with E-state index < -0.39 is 23.1 Å². The van der Waals surface area contributed by atoms with Crippen molar-refractivity contribution >= 4 is 5.78 Å². The second-order valence-electron chi connectivity index (χ2n) is 23.0. The van der Waals surface area contributed by atoms with Crippen molar-refractivity contribution in [2.75, 3.05) is 52.9 Å². The summed E-state index contributed by atoms with van der Waals surface area (Å²) in [5, 5.41) is 11.7. The number of ketones is 1. The Kier molecular flexibility index (Phi) is 9.78. The lowest BCUT2D eigenvalue weighted by Gasteiger charge is -2.61. The Labute approximate surface area is 358 Å². The molecule has 4 heterocycles. The van der Waals surface area contributed by atoms with Crippen molar-refractivity contribution < 1.29 is 47.8 Å². The highest BCUT2D eigenvalue weighted by molar-refractivity contribution is 5.85. The van der Waals surface area contributed by atoms with E-state index in [1.165, 1.54) is 24.0 Å². The van der Waals surface area contributed by atoms with E-state index in [4.69, 9.17) is 37.9 Å². The minimum atomic E-state index is -0.523. The lowest BCUT2D eigenvalue weighted by Crippen LogP contribution is -2.59. The van der Waals surface area contributed by atoms with E-state index in [0.29, 0.717) is 106 Å². The summed E-state index contributed by atoms with van der Waals surface area (Å²) in [5.74, 6) is 1.99. The van der Waals surface area contributed by atoms with E-state index in [9.17, 15) is 9.90 Å². The minimum Gasteiger partial charge on any atom is -0.393 e. The van der Waals surface area contributed by atoms with Crippen molar-refractivity contribution in [2.24, 2.45) is 69.0 Å². The van der Waals surface area contributed by atoms with Gasteiger partial charge < -0.3 is 43.0 Å². The SMILES string of the molecule is CC1([C@H]2CC[C@H]3[C@@H]4CC=C5CC6(CC[C@]5(C)[C@H]4C(=O)C[C@]23C)OCCO6)OCCO1.CC1([C@H]2CC[C@H]3[C@@H]4CC=C5CC6(CC[C@]5(C)[C@H]4[C@@H](O)C[C@]23C)OCCO6)OCCO1. The van der Waals surface area contributed by atoms with Crippen molar-refractivity contribution in [1.82, 2.24) is 0 Å². The van der Waals surface area contributed by atoms with E-state index >= 15 is 0 Å². The molecule has 60 heavy (non-hydrogen) atoms. The normalized spacial score (nSPS) is 50.1. The van der Waals surface area contributed by atoms with Gasteiger partial charge in [-0.05, 0) is 123 Å². The van der Waals surface area contributed by atoms with Crippen molar-refractivity contribution in [3.05, 3.63) is 23.3 Å². The average molecular weight is 835 g/mol. The first kappa shape index (κ1) is 41.5. The van der Waals surface area contributed by atoms with Crippen LogP contribution in [0.4, 0.5) is 0 Å². The number of ether oxygens (including phenoxy) is 8. The molecule has 13 atom stereocenters. The van der Waals surface area contributed by atoms with Gasteiger partial charge in [-0.25, -0.2) is 0 Å². The van der Waals surface area contributed by atoms with Gasteiger partial charge in [0.1, 0.15) is 5.78 Å². The first-order valence-electron chi connectivity index (χ1n) is 24.3. The monoisotopic (exact) mass is 835 g/mol. The summed E-state index contributed by atoms with van der Waals surface area (Å²) in [7, 11) is 0. The summed E-state index contributed by atoms with van der Waals surface area (Å²) in [6, 6.07) is 0. The topological polar surface area (TPSA) is 111 Å². The number of carbonyl (C=O) groups is 1. The van der Waals surface area contributed by atoms with Crippen molar-refractivity contribution in [2.45, 2.75) is 161 Å². The summed E-state index contributed by atoms with van der Waals surface area (Å²) in [5.41, 5.74) is 2.97. The molecule has 4 aliphatic heterocycles. The van der Waals surface area contributed by atoms with E-state index in [2.05, 4.69) is 53.7 Å². The van der Waals surface area contributed by atoms with Crippen molar-refractivity contribution in [3.8, 4) is 0 Å². The second kappa shape index (κ2) is 14.1. The highest BCUT2D eigenvalue weighted by Gasteiger charge is 2.68. The fourth-order valence-corrected chi connectivity index (χ4v) is 17.8. The van der Waals surface area contributed by atoms with Crippen LogP contribution in [-0.4, -0.2) is 93.0 Å². The van der Waals surface area contributed by atoms with E-state index in [0.717, 1.165) is 70.6 Å². The lowest BCUT2D eigenvalue weighted by molar-refractivity contribution is -0.227. The first-order valence-corrected chi connectivity index (χ1v) is 24.3. The molecule has 8 aliphatic carbocycles. The molecule has 2 spiro atoms. The molecule has 0 amide bonds. The quantitative estimate of drug-likeness (QED) is 0.273. The smallest absolute Gasteiger partial charge is 0.172 e. The zero-order valence-corrected chi connectivity index (χ0v) is 37.5. The fraction of sp³-hybridized carbons (Fsp3) is 0.900. The summed E-state index contributed by atoms with van der Waals surface area (Å²) in [4.78, 5) is 13.8. The molecule has 10 heteroatoms. The number of aliphatic hydroxyl groups is 1. The summed E-state index contributed by atoms with van der Waals surface area (Å²) < 4.78 is 48.6. The van der Waals surface area contributed by atoms with Crippen LogP contribution in [0.3, 0.4) is 0 Å². The third kappa shape index (κ3) is 5.92. The maximum Gasteiger partial charge on any atom is 0.172 e. The summed E-state index contributed by atoms with van der Waals surface area (Å²) in [6.07, 6.45) is 18.6. The highest BCUT2D eigenvalue weighted by Crippen LogP contribution is 2.70. The van der Waals surface area contributed by atoms with Crippen LogP contribution in [0.5, 0.6) is 0 Å². The molecule has 1 N–H and O–H groups in total. The summed E-state index contributed by atoms with van der Waals surface area (Å²) in [6.45, 7) is 19.3. The molecule has 0 unspecified atom stereocenters. The van der Waals surface area contributed by atoms with Crippen LogP contribution in [0.2, 0.25) is 0 Å². The number of fused-ring (bicyclic) bond motifs is 10. The largest absolute Gasteiger partial charge is 0.393 e. The number of hydrogen-bond donors (Lipinski definition) is 1. The zero-order valence-electron chi connectivity index (χ0n) is 37.5. The molecule has 0 bridgehead atoms. The number of carbonyl (C=O) groups excluding carboxylic acids is 1. The molecule has 0 radical (unpaired) electrons. The number of hydrogen-bond acceptors (Lipinski definition) is 10. The number of aliphatic hydroxyl groups excluding tert-OH is 1. The maximum atomic E-state index is 13.8. The molecule has 0 aromatic carbocycles. The molecule has 12 rings (SSSR count). The molecular weight excluding hydrogens is 761 g/mol. The highest BCUT2D eigenvalue weighted by atomic mass is 16.8. The van der Waals surface area contributed by atoms with E-state index in [-0.39, 0.29) is 33.7 Å². The van der Waals surface area contributed by atoms with Gasteiger partial charge in [0.2, 0.25) is 0 Å². The van der Waals surface area contributed by atoms with E-state index in [1.807, 2.05) is 0 Å². The van der Waals surface area contributed by atoms with Crippen molar-refractivity contribution in [3.63, 3.8) is 0 Å². The van der Waals surface area contributed by atoms with Gasteiger partial charge in [-0.15, -0.1) is 0 Å². The fourth-order valence-electron chi connectivity index (χ4n) is 17.8. The molecule has 0 aromatic rings. The Morgan fingerprint density at radius 2 is 0.983 bits per heavy atom. The molecular formula is C50H74O10. The molecule has 334 valence electrons. The zero-order chi connectivity index (χ0) is 41.6. The number of rotatable bonds is 2. The first-order chi connectivity index (χ1) is 28.6. The maximum absolute atomic E-state index is 13.8. The van der Waals surface area contributed by atoms with E-state index in [1.54, 1.807) is 0 Å². The number of Topliss-reactive ketones (excluding diaryl/α,β-unsaturated/α-hetero) is 1. The predicted octanol–water partition coefficient (Wildman–Crippen LogP) is 8.29. The van der Waals surface area contributed by atoms with Gasteiger partial charge in [-0.1, -0.05) is 51.0 Å².